The fraction of sp³-hybridized carbons (Fsp3) is 0.200. The second kappa shape index (κ2) is 7.76. The Morgan fingerprint density at radius 1 is 1.35 bits per heavy atom. The molecule has 8 heteroatoms. The Morgan fingerprint density at radius 3 is 2.91 bits per heavy atom. The van der Waals surface area contributed by atoms with Crippen molar-refractivity contribution in [2.45, 2.75) is 15.9 Å². The minimum Gasteiger partial charge on any atom is -0.313 e. The first-order valence-electron chi connectivity index (χ1n) is 6.88. The van der Waals surface area contributed by atoms with Gasteiger partial charge in [0.25, 0.3) is 0 Å². The van der Waals surface area contributed by atoms with Crippen molar-refractivity contribution in [3.8, 4) is 0 Å². The average molecular weight is 363 g/mol. The molecule has 0 fully saturated rings. The number of carbonyl (C=O) groups is 1. The van der Waals surface area contributed by atoms with Crippen LogP contribution in [-0.4, -0.2) is 33.1 Å². The van der Waals surface area contributed by atoms with E-state index < -0.39 is 0 Å². The molecule has 0 aliphatic carbocycles. The summed E-state index contributed by atoms with van der Waals surface area (Å²) in [5, 5.41) is 3.60. The van der Waals surface area contributed by atoms with Crippen molar-refractivity contribution < 1.29 is 4.79 Å². The molecule has 0 bridgehead atoms. The minimum absolute atomic E-state index is 0.0719. The van der Waals surface area contributed by atoms with E-state index in [2.05, 4.69) is 19.7 Å². The number of aliphatic imine (C=N–C) groups is 1. The van der Waals surface area contributed by atoms with Crippen molar-refractivity contribution in [2.75, 3.05) is 12.0 Å². The molecule has 0 spiro atoms. The Balaban J connectivity index is 1.51. The van der Waals surface area contributed by atoms with E-state index in [1.165, 1.54) is 35.1 Å². The number of benzene rings is 1. The molecular formula is C15H14N4OS3. The first-order chi connectivity index (χ1) is 11.2. The van der Waals surface area contributed by atoms with Gasteiger partial charge in [-0.15, -0.1) is 0 Å². The zero-order chi connectivity index (χ0) is 16.1. The maximum Gasteiger partial charge on any atom is 0.235 e. The number of hydrogen-bond acceptors (Lipinski definition) is 7. The lowest BCUT2D eigenvalue weighted by Crippen LogP contribution is -2.30. The molecule has 118 valence electrons. The van der Waals surface area contributed by atoms with Gasteiger partial charge in [-0.2, -0.15) is 4.37 Å². The first kappa shape index (κ1) is 16.2. The quantitative estimate of drug-likeness (QED) is 0.827. The van der Waals surface area contributed by atoms with Crippen molar-refractivity contribution in [2.24, 2.45) is 4.99 Å². The molecule has 0 atom stereocenters. The summed E-state index contributed by atoms with van der Waals surface area (Å²) in [4.78, 5) is 20.8. The lowest BCUT2D eigenvalue weighted by Gasteiger charge is -2.03. The zero-order valence-corrected chi connectivity index (χ0v) is 14.8. The van der Waals surface area contributed by atoms with Gasteiger partial charge < -0.3 is 5.32 Å². The molecule has 0 radical (unpaired) electrons. The van der Waals surface area contributed by atoms with Crippen LogP contribution in [0.2, 0.25) is 0 Å². The molecule has 1 amide bonds. The van der Waals surface area contributed by atoms with Crippen molar-refractivity contribution in [3.05, 3.63) is 42.0 Å². The monoisotopic (exact) mass is 362 g/mol. The molecule has 1 N–H and O–H groups in total. The Morgan fingerprint density at radius 2 is 2.17 bits per heavy atom. The number of amidine groups is 1. The van der Waals surface area contributed by atoms with Crippen LogP contribution in [0.5, 0.6) is 0 Å². The van der Waals surface area contributed by atoms with Gasteiger partial charge in [0.2, 0.25) is 11.1 Å². The van der Waals surface area contributed by atoms with Gasteiger partial charge in [-0.25, -0.2) is 9.98 Å². The van der Waals surface area contributed by atoms with E-state index in [1.807, 2.05) is 42.7 Å². The topological polar surface area (TPSA) is 67.2 Å². The number of amides is 1. The molecular weight excluding hydrogens is 348 g/mol. The van der Waals surface area contributed by atoms with Crippen LogP contribution in [0.15, 0.2) is 50.9 Å². The summed E-state index contributed by atoms with van der Waals surface area (Å²) >= 11 is 4.21. The van der Waals surface area contributed by atoms with Crippen LogP contribution >= 0.6 is 35.1 Å². The molecule has 0 unspecified atom stereocenters. The number of nitrogens with one attached hydrogen (secondary N) is 1. The smallest absolute Gasteiger partial charge is 0.235 e. The second-order valence-corrected chi connectivity index (χ2v) is 7.35. The van der Waals surface area contributed by atoms with Crippen molar-refractivity contribution in [1.82, 2.24) is 14.7 Å². The van der Waals surface area contributed by atoms with Gasteiger partial charge >= 0.3 is 0 Å². The van der Waals surface area contributed by atoms with Crippen LogP contribution in [0, 0.1) is 0 Å². The van der Waals surface area contributed by atoms with Crippen molar-refractivity contribution >= 4 is 52.5 Å². The van der Waals surface area contributed by atoms with Gasteiger partial charge in [0, 0.05) is 6.42 Å². The number of thioether (sulfide) groups is 2. The fourth-order valence-electron chi connectivity index (χ4n) is 1.96. The lowest BCUT2D eigenvalue weighted by molar-refractivity contribution is -0.117. The maximum absolute atomic E-state index is 12.0. The summed E-state index contributed by atoms with van der Waals surface area (Å²) in [5.41, 5.74) is 1.96. The highest BCUT2D eigenvalue weighted by Gasteiger charge is 2.14. The zero-order valence-electron chi connectivity index (χ0n) is 12.4. The van der Waals surface area contributed by atoms with E-state index in [0.717, 1.165) is 20.8 Å². The molecule has 5 nitrogen and oxygen atoms in total. The Kier molecular flexibility index (Phi) is 5.47. The normalized spacial score (nSPS) is 13.6. The van der Waals surface area contributed by atoms with Crippen molar-refractivity contribution in [1.29, 1.82) is 0 Å². The third-order valence-electron chi connectivity index (χ3n) is 3.00. The molecule has 1 aliphatic heterocycles. The predicted octanol–water partition coefficient (Wildman–Crippen LogP) is 3.31. The lowest BCUT2D eigenvalue weighted by atomic mass is 10.1. The average Bonchev–Trinajstić information content (AvgIpc) is 3.23. The largest absolute Gasteiger partial charge is 0.313 e. The number of rotatable bonds is 5. The molecule has 2 heterocycles. The van der Waals surface area contributed by atoms with E-state index in [9.17, 15) is 4.79 Å². The number of nitrogens with zero attached hydrogens (tertiary/aromatic N) is 3. The molecule has 1 aliphatic rings. The summed E-state index contributed by atoms with van der Waals surface area (Å²) in [5.74, 6) is 0.928. The van der Waals surface area contributed by atoms with Crippen molar-refractivity contribution in [3.63, 3.8) is 0 Å². The molecule has 0 saturated carbocycles. The van der Waals surface area contributed by atoms with Crippen LogP contribution < -0.4 is 5.32 Å². The van der Waals surface area contributed by atoms with E-state index in [1.54, 1.807) is 0 Å². The fourth-order valence-corrected chi connectivity index (χ4v) is 3.97. The summed E-state index contributed by atoms with van der Waals surface area (Å²) in [6, 6.07) is 9.94. The SMILES string of the molecule is CSc1nsc(SCC(=O)NC2=NC(c3ccccc3)=CC2)n1. The number of aromatic nitrogens is 2. The summed E-state index contributed by atoms with van der Waals surface area (Å²) in [6.07, 6.45) is 4.60. The third-order valence-corrected chi connectivity index (χ3v) is 5.49. The summed E-state index contributed by atoms with van der Waals surface area (Å²) in [7, 11) is 0. The highest BCUT2D eigenvalue weighted by molar-refractivity contribution is 8.01. The first-order valence-corrected chi connectivity index (χ1v) is 9.86. The highest BCUT2D eigenvalue weighted by atomic mass is 32.2. The van der Waals surface area contributed by atoms with Gasteiger partial charge in [-0.3, -0.25) is 4.79 Å². The highest BCUT2D eigenvalue weighted by Crippen LogP contribution is 2.24. The Bertz CT molecular complexity index is 755. The van der Waals surface area contributed by atoms with E-state index in [0.29, 0.717) is 18.0 Å². The molecule has 3 rings (SSSR count). The maximum atomic E-state index is 12.0. The van der Waals surface area contributed by atoms with Crippen LogP contribution in [0.25, 0.3) is 5.70 Å². The van der Waals surface area contributed by atoms with E-state index in [-0.39, 0.29) is 5.91 Å². The van der Waals surface area contributed by atoms with Gasteiger partial charge in [0.15, 0.2) is 4.34 Å². The van der Waals surface area contributed by atoms with E-state index >= 15 is 0 Å². The Labute approximate surface area is 146 Å². The summed E-state index contributed by atoms with van der Waals surface area (Å²) in [6.45, 7) is 0. The predicted molar refractivity (Wildman–Crippen MR) is 97.0 cm³/mol. The number of hydrogen-bond donors (Lipinski definition) is 1. The van der Waals surface area contributed by atoms with Gasteiger partial charge in [-0.05, 0) is 23.4 Å². The third kappa shape index (κ3) is 4.43. The second-order valence-electron chi connectivity index (χ2n) is 4.60. The van der Waals surface area contributed by atoms with Crippen LogP contribution in [0.3, 0.4) is 0 Å². The van der Waals surface area contributed by atoms with E-state index in [4.69, 9.17) is 0 Å². The van der Waals surface area contributed by atoms with Crippen LogP contribution in [0.1, 0.15) is 12.0 Å². The van der Waals surface area contributed by atoms with Gasteiger partial charge in [-0.1, -0.05) is 59.9 Å². The molecule has 0 saturated heterocycles. The molecule has 2 aromatic rings. The number of carbonyl (C=O) groups excluding carboxylic acids is 1. The van der Waals surface area contributed by atoms with Crippen LogP contribution in [-0.2, 0) is 4.79 Å². The molecule has 1 aromatic carbocycles. The summed E-state index contributed by atoms with van der Waals surface area (Å²) < 4.78 is 4.97. The van der Waals surface area contributed by atoms with Gasteiger partial charge in [0.05, 0.1) is 11.4 Å². The molecule has 23 heavy (non-hydrogen) atoms. The molecule has 1 aromatic heterocycles. The van der Waals surface area contributed by atoms with Gasteiger partial charge in [0.1, 0.15) is 5.84 Å². The standard InChI is InChI=1S/C15H14N4OS3/c1-21-14-18-15(23-19-14)22-9-13(20)17-12-8-7-11(16-12)10-5-3-2-4-6-10/h2-7H,8-9H2,1H3,(H,16,17,20). The minimum atomic E-state index is -0.0719. The Hall–Kier alpha value is -1.64. The van der Waals surface area contributed by atoms with Crippen LogP contribution in [0.4, 0.5) is 0 Å².